The van der Waals surface area contributed by atoms with Crippen LogP contribution in [0.3, 0.4) is 0 Å². The van der Waals surface area contributed by atoms with Crippen LogP contribution in [0.4, 0.5) is 0 Å². The minimum Gasteiger partial charge on any atom is -0.351 e. The highest BCUT2D eigenvalue weighted by Crippen LogP contribution is 2.19. The Balaban J connectivity index is 2.07. The maximum atomic E-state index is 12.2. The van der Waals surface area contributed by atoms with Crippen molar-refractivity contribution in [2.75, 3.05) is 26.4 Å². The SMILES string of the molecule is CN(CCNC(=O)c1cn(C)c2ccccc12)S(C)(=O)=O. The van der Waals surface area contributed by atoms with Crippen molar-refractivity contribution in [1.29, 1.82) is 0 Å². The number of carbonyl (C=O) groups is 1. The quantitative estimate of drug-likeness (QED) is 0.888. The van der Waals surface area contributed by atoms with E-state index in [0.29, 0.717) is 5.56 Å². The van der Waals surface area contributed by atoms with Gasteiger partial charge in [-0.3, -0.25) is 4.79 Å². The van der Waals surface area contributed by atoms with Gasteiger partial charge in [0.1, 0.15) is 0 Å². The Morgan fingerprint density at radius 1 is 1.33 bits per heavy atom. The van der Waals surface area contributed by atoms with Crippen molar-refractivity contribution in [1.82, 2.24) is 14.2 Å². The molecular formula is C14H19N3O3S. The summed E-state index contributed by atoms with van der Waals surface area (Å²) in [6.45, 7) is 0.515. The largest absolute Gasteiger partial charge is 0.351 e. The van der Waals surface area contributed by atoms with Crippen LogP contribution in [-0.4, -0.2) is 49.6 Å². The summed E-state index contributed by atoms with van der Waals surface area (Å²) in [6, 6.07) is 7.65. The number of sulfonamides is 1. The van der Waals surface area contributed by atoms with E-state index in [1.54, 1.807) is 6.20 Å². The minimum atomic E-state index is -3.22. The van der Waals surface area contributed by atoms with Crippen molar-refractivity contribution in [3.8, 4) is 0 Å². The number of amides is 1. The van der Waals surface area contributed by atoms with Crippen molar-refractivity contribution in [3.63, 3.8) is 0 Å². The van der Waals surface area contributed by atoms with Crippen LogP contribution < -0.4 is 5.32 Å². The van der Waals surface area contributed by atoms with Gasteiger partial charge in [0.25, 0.3) is 5.91 Å². The third-order valence-corrected chi connectivity index (χ3v) is 4.73. The van der Waals surface area contributed by atoms with Gasteiger partial charge >= 0.3 is 0 Å². The monoisotopic (exact) mass is 309 g/mol. The number of nitrogens with zero attached hydrogens (tertiary/aromatic N) is 2. The first-order valence-corrected chi connectivity index (χ1v) is 8.39. The molecule has 1 aromatic heterocycles. The van der Waals surface area contributed by atoms with Crippen LogP contribution >= 0.6 is 0 Å². The molecule has 1 amide bonds. The molecule has 0 bridgehead atoms. The number of nitrogens with one attached hydrogen (secondary N) is 1. The van der Waals surface area contributed by atoms with Crippen LogP contribution in [0, 0.1) is 0 Å². The van der Waals surface area contributed by atoms with E-state index < -0.39 is 10.0 Å². The zero-order chi connectivity index (χ0) is 15.6. The predicted molar refractivity (Wildman–Crippen MR) is 82.7 cm³/mol. The summed E-state index contributed by atoms with van der Waals surface area (Å²) in [6.07, 6.45) is 2.92. The van der Waals surface area contributed by atoms with Gasteiger partial charge in [0, 0.05) is 44.3 Å². The maximum Gasteiger partial charge on any atom is 0.253 e. The van der Waals surface area contributed by atoms with Crippen molar-refractivity contribution in [2.24, 2.45) is 7.05 Å². The van der Waals surface area contributed by atoms with E-state index >= 15 is 0 Å². The number of para-hydroxylation sites is 1. The number of hydrogen-bond acceptors (Lipinski definition) is 3. The van der Waals surface area contributed by atoms with Crippen molar-refractivity contribution < 1.29 is 13.2 Å². The fourth-order valence-corrected chi connectivity index (χ4v) is 2.53. The Morgan fingerprint density at radius 2 is 2.00 bits per heavy atom. The summed E-state index contributed by atoms with van der Waals surface area (Å²) in [5, 5.41) is 3.63. The molecule has 0 aliphatic heterocycles. The summed E-state index contributed by atoms with van der Waals surface area (Å²) in [4.78, 5) is 12.2. The van der Waals surface area contributed by atoms with Crippen LogP contribution in [0.5, 0.6) is 0 Å². The highest BCUT2D eigenvalue weighted by Gasteiger charge is 2.14. The maximum absolute atomic E-state index is 12.2. The standard InChI is InChI=1S/C14H19N3O3S/c1-16-10-12(11-6-4-5-7-13(11)16)14(18)15-8-9-17(2)21(3,19)20/h4-7,10H,8-9H2,1-3H3,(H,15,18). The van der Waals surface area contributed by atoms with Crippen LogP contribution in [0.25, 0.3) is 10.9 Å². The van der Waals surface area contributed by atoms with Gasteiger partial charge in [-0.05, 0) is 6.07 Å². The summed E-state index contributed by atoms with van der Waals surface area (Å²) >= 11 is 0. The minimum absolute atomic E-state index is 0.200. The number of aryl methyl sites for hydroxylation is 1. The number of aromatic nitrogens is 1. The Morgan fingerprint density at radius 3 is 2.67 bits per heavy atom. The molecule has 0 saturated heterocycles. The van der Waals surface area contributed by atoms with E-state index in [2.05, 4.69) is 5.32 Å². The molecule has 0 unspecified atom stereocenters. The van der Waals surface area contributed by atoms with Gasteiger partial charge in [-0.15, -0.1) is 0 Å². The molecule has 0 aliphatic rings. The molecule has 1 heterocycles. The number of carbonyl (C=O) groups excluding carboxylic acids is 1. The number of likely N-dealkylation sites (N-methyl/N-ethyl adjacent to an activating group) is 1. The molecule has 0 spiro atoms. The lowest BCUT2D eigenvalue weighted by Gasteiger charge is -2.14. The van der Waals surface area contributed by atoms with E-state index in [1.165, 1.54) is 11.4 Å². The van der Waals surface area contributed by atoms with Gasteiger partial charge in [-0.25, -0.2) is 12.7 Å². The summed E-state index contributed by atoms with van der Waals surface area (Å²) < 4.78 is 25.6. The zero-order valence-electron chi connectivity index (χ0n) is 12.3. The molecule has 1 aromatic carbocycles. The molecule has 7 heteroatoms. The van der Waals surface area contributed by atoms with Gasteiger partial charge in [-0.1, -0.05) is 18.2 Å². The zero-order valence-corrected chi connectivity index (χ0v) is 13.1. The average Bonchev–Trinajstić information content (AvgIpc) is 2.75. The van der Waals surface area contributed by atoms with Gasteiger partial charge in [0.2, 0.25) is 10.0 Å². The van der Waals surface area contributed by atoms with Gasteiger partial charge in [0.05, 0.1) is 11.8 Å². The molecule has 6 nitrogen and oxygen atoms in total. The molecule has 114 valence electrons. The van der Waals surface area contributed by atoms with Crippen molar-refractivity contribution >= 4 is 26.8 Å². The smallest absolute Gasteiger partial charge is 0.253 e. The van der Waals surface area contributed by atoms with Crippen LogP contribution in [0.15, 0.2) is 30.5 Å². The van der Waals surface area contributed by atoms with E-state index in [-0.39, 0.29) is 19.0 Å². The predicted octanol–water partition coefficient (Wildman–Crippen LogP) is 0.799. The van der Waals surface area contributed by atoms with Gasteiger partial charge in [0.15, 0.2) is 0 Å². The number of hydrogen-bond donors (Lipinski definition) is 1. The second kappa shape index (κ2) is 5.87. The normalized spacial score (nSPS) is 12.0. The third kappa shape index (κ3) is 3.43. The number of fused-ring (bicyclic) bond motifs is 1. The van der Waals surface area contributed by atoms with Gasteiger partial charge < -0.3 is 9.88 Å². The average molecular weight is 309 g/mol. The van der Waals surface area contributed by atoms with E-state index in [4.69, 9.17) is 0 Å². The summed E-state index contributed by atoms with van der Waals surface area (Å²) in [5.41, 5.74) is 1.58. The highest BCUT2D eigenvalue weighted by molar-refractivity contribution is 7.88. The molecule has 0 saturated carbocycles. The molecule has 2 rings (SSSR count). The Kier molecular flexibility index (Phi) is 4.34. The molecular weight excluding hydrogens is 290 g/mol. The molecule has 0 radical (unpaired) electrons. The Labute approximate surface area is 124 Å². The van der Waals surface area contributed by atoms with Crippen LogP contribution in [-0.2, 0) is 17.1 Å². The van der Waals surface area contributed by atoms with E-state index in [1.807, 2.05) is 35.9 Å². The summed E-state index contributed by atoms with van der Waals surface area (Å²) in [7, 11) is 0.153. The summed E-state index contributed by atoms with van der Waals surface area (Å²) in [5.74, 6) is -0.200. The second-order valence-corrected chi connectivity index (χ2v) is 7.10. The van der Waals surface area contributed by atoms with Crippen LogP contribution in [0.2, 0.25) is 0 Å². The lowest BCUT2D eigenvalue weighted by Crippen LogP contribution is -2.35. The first-order valence-electron chi connectivity index (χ1n) is 6.54. The second-order valence-electron chi connectivity index (χ2n) is 5.01. The highest BCUT2D eigenvalue weighted by atomic mass is 32.2. The first kappa shape index (κ1) is 15.5. The third-order valence-electron chi connectivity index (χ3n) is 3.42. The lowest BCUT2D eigenvalue weighted by atomic mass is 10.1. The molecule has 0 fully saturated rings. The number of benzene rings is 1. The van der Waals surface area contributed by atoms with Crippen molar-refractivity contribution in [2.45, 2.75) is 0 Å². The molecule has 21 heavy (non-hydrogen) atoms. The Hall–Kier alpha value is -1.86. The van der Waals surface area contributed by atoms with Gasteiger partial charge in [-0.2, -0.15) is 0 Å². The first-order chi connectivity index (χ1) is 9.80. The molecule has 2 aromatic rings. The fourth-order valence-electron chi connectivity index (χ4n) is 2.11. The molecule has 0 aliphatic carbocycles. The van der Waals surface area contributed by atoms with E-state index in [0.717, 1.165) is 17.2 Å². The Bertz CT molecular complexity index is 765. The fraction of sp³-hybridized carbons (Fsp3) is 0.357. The van der Waals surface area contributed by atoms with Crippen LogP contribution in [0.1, 0.15) is 10.4 Å². The molecule has 0 atom stereocenters. The lowest BCUT2D eigenvalue weighted by molar-refractivity contribution is 0.0953. The van der Waals surface area contributed by atoms with E-state index in [9.17, 15) is 13.2 Å². The number of rotatable bonds is 5. The van der Waals surface area contributed by atoms with Crippen molar-refractivity contribution in [3.05, 3.63) is 36.0 Å². The molecule has 1 N–H and O–H groups in total. The topological polar surface area (TPSA) is 71.4 Å².